The summed E-state index contributed by atoms with van der Waals surface area (Å²) in [5.41, 5.74) is -3.12. The third-order valence-corrected chi connectivity index (χ3v) is 2.88. The average Bonchev–Trinajstić information content (AvgIpc) is 2.51. The van der Waals surface area contributed by atoms with Gasteiger partial charge < -0.3 is 15.7 Å². The zero-order valence-electron chi connectivity index (χ0n) is 10.9. The number of imide groups is 1. The summed E-state index contributed by atoms with van der Waals surface area (Å²) in [5.74, 6) is -3.99. The molecular formula is C10H12F3N3O5. The predicted molar refractivity (Wildman–Crippen MR) is 59.9 cm³/mol. The van der Waals surface area contributed by atoms with Crippen molar-refractivity contribution in [1.29, 1.82) is 0 Å². The fourth-order valence-electron chi connectivity index (χ4n) is 1.67. The van der Waals surface area contributed by atoms with Crippen LogP contribution in [0.3, 0.4) is 0 Å². The molecule has 1 saturated heterocycles. The van der Waals surface area contributed by atoms with Crippen LogP contribution >= 0.6 is 0 Å². The van der Waals surface area contributed by atoms with Crippen molar-refractivity contribution in [2.45, 2.75) is 31.6 Å². The van der Waals surface area contributed by atoms with Gasteiger partial charge in [-0.1, -0.05) is 0 Å². The topological polar surface area (TPSA) is 116 Å². The largest absolute Gasteiger partial charge is 0.480 e. The smallest absolute Gasteiger partial charge is 0.420 e. The summed E-state index contributed by atoms with van der Waals surface area (Å²) in [4.78, 5) is 45.0. The molecule has 0 radical (unpaired) electrons. The van der Waals surface area contributed by atoms with Crippen LogP contribution in [-0.2, 0) is 14.4 Å². The number of carbonyl (C=O) groups is 4. The molecule has 1 aliphatic heterocycles. The van der Waals surface area contributed by atoms with Crippen LogP contribution < -0.4 is 10.6 Å². The number of carbonyl (C=O) groups excluding carboxylic acids is 3. The highest BCUT2D eigenvalue weighted by Gasteiger charge is 2.64. The first-order valence-electron chi connectivity index (χ1n) is 5.61. The standard InChI is InChI=1S/C10H12F3N3O5/c1-4(17)14-5(6(18)19)3-16-7(20)9(2,10(11,12)13)15-8(16)21/h5H,3H2,1-2H3,(H,14,17)(H,15,21)(H,18,19). The van der Waals surface area contributed by atoms with Crippen LogP contribution in [0, 0.1) is 0 Å². The highest BCUT2D eigenvalue weighted by Crippen LogP contribution is 2.35. The number of alkyl halides is 3. The Bertz CT molecular complexity index is 507. The van der Waals surface area contributed by atoms with Crippen LogP contribution in [-0.4, -0.2) is 58.1 Å². The van der Waals surface area contributed by atoms with Crippen LogP contribution in [0.1, 0.15) is 13.8 Å². The number of rotatable bonds is 4. The molecule has 3 N–H and O–H groups in total. The second-order valence-corrected chi connectivity index (χ2v) is 4.56. The van der Waals surface area contributed by atoms with E-state index in [4.69, 9.17) is 5.11 Å². The Hall–Kier alpha value is -2.33. The van der Waals surface area contributed by atoms with Crippen LogP contribution in [0.2, 0.25) is 0 Å². The molecule has 4 amide bonds. The summed E-state index contributed by atoms with van der Waals surface area (Å²) >= 11 is 0. The van der Waals surface area contributed by atoms with Gasteiger partial charge in [0, 0.05) is 6.92 Å². The number of carboxylic acid groups (broad SMARTS) is 1. The lowest BCUT2D eigenvalue weighted by Crippen LogP contribution is -2.56. The van der Waals surface area contributed by atoms with Crippen molar-refractivity contribution < 1.29 is 37.5 Å². The van der Waals surface area contributed by atoms with Crippen molar-refractivity contribution in [3.05, 3.63) is 0 Å². The minimum Gasteiger partial charge on any atom is -0.480 e. The average molecular weight is 311 g/mol. The van der Waals surface area contributed by atoms with Crippen molar-refractivity contribution in [3.8, 4) is 0 Å². The molecule has 0 spiro atoms. The van der Waals surface area contributed by atoms with Crippen molar-refractivity contribution >= 4 is 23.8 Å². The second kappa shape index (κ2) is 5.22. The van der Waals surface area contributed by atoms with E-state index in [2.05, 4.69) is 0 Å². The van der Waals surface area contributed by atoms with Crippen LogP contribution in [0.15, 0.2) is 0 Å². The van der Waals surface area contributed by atoms with Gasteiger partial charge in [-0.3, -0.25) is 14.5 Å². The molecule has 8 nitrogen and oxygen atoms in total. The Morgan fingerprint density at radius 2 is 1.95 bits per heavy atom. The Morgan fingerprint density at radius 3 is 2.29 bits per heavy atom. The molecule has 11 heteroatoms. The van der Waals surface area contributed by atoms with Gasteiger partial charge in [-0.25, -0.2) is 9.59 Å². The number of amides is 4. The number of nitrogens with one attached hydrogen (secondary N) is 2. The van der Waals surface area contributed by atoms with E-state index in [9.17, 15) is 32.3 Å². The quantitative estimate of drug-likeness (QED) is 0.602. The predicted octanol–water partition coefficient (Wildman–Crippen LogP) is -0.551. The van der Waals surface area contributed by atoms with Crippen molar-refractivity contribution in [2.75, 3.05) is 6.54 Å². The van der Waals surface area contributed by atoms with Gasteiger partial charge in [-0.2, -0.15) is 13.2 Å². The van der Waals surface area contributed by atoms with Gasteiger partial charge in [-0.05, 0) is 6.92 Å². The highest BCUT2D eigenvalue weighted by molar-refractivity contribution is 6.07. The maximum absolute atomic E-state index is 12.8. The number of aliphatic carboxylic acids is 1. The van der Waals surface area contributed by atoms with E-state index < -0.39 is 48.1 Å². The van der Waals surface area contributed by atoms with Crippen LogP contribution in [0.5, 0.6) is 0 Å². The van der Waals surface area contributed by atoms with E-state index >= 15 is 0 Å². The molecular weight excluding hydrogens is 299 g/mol. The number of hydrogen-bond acceptors (Lipinski definition) is 4. The first kappa shape index (κ1) is 16.7. The normalized spacial score (nSPS) is 23.8. The lowest BCUT2D eigenvalue weighted by Gasteiger charge is -2.25. The molecule has 1 aliphatic rings. The van der Waals surface area contributed by atoms with Crippen LogP contribution in [0.4, 0.5) is 18.0 Å². The fraction of sp³-hybridized carbons (Fsp3) is 0.600. The minimum atomic E-state index is -5.04. The molecule has 1 rings (SSSR count). The number of carboxylic acids is 1. The maximum Gasteiger partial charge on any atom is 0.420 e. The summed E-state index contributed by atoms with van der Waals surface area (Å²) < 4.78 is 38.4. The van der Waals surface area contributed by atoms with E-state index in [1.165, 1.54) is 5.32 Å². The van der Waals surface area contributed by atoms with E-state index in [1.807, 2.05) is 5.32 Å². The van der Waals surface area contributed by atoms with Gasteiger partial charge in [0.1, 0.15) is 6.04 Å². The summed E-state index contributed by atoms with van der Waals surface area (Å²) in [7, 11) is 0. The third kappa shape index (κ3) is 3.06. The molecule has 0 aromatic rings. The molecule has 21 heavy (non-hydrogen) atoms. The minimum absolute atomic E-state index is 0.113. The van der Waals surface area contributed by atoms with Gasteiger partial charge in [0.05, 0.1) is 6.54 Å². The second-order valence-electron chi connectivity index (χ2n) is 4.56. The number of nitrogens with zero attached hydrogens (tertiary/aromatic N) is 1. The molecule has 1 fully saturated rings. The van der Waals surface area contributed by atoms with Gasteiger partial charge in [0.15, 0.2) is 0 Å². The molecule has 0 aliphatic carbocycles. The Morgan fingerprint density at radius 1 is 1.43 bits per heavy atom. The SMILES string of the molecule is CC(=O)NC(CN1C(=O)NC(C)(C(F)(F)F)C1=O)C(=O)O. The maximum atomic E-state index is 12.8. The first-order chi connectivity index (χ1) is 9.40. The monoisotopic (exact) mass is 311 g/mol. The Labute approximate surface area is 116 Å². The lowest BCUT2D eigenvalue weighted by molar-refractivity contribution is -0.191. The van der Waals surface area contributed by atoms with Crippen molar-refractivity contribution in [3.63, 3.8) is 0 Å². The summed E-state index contributed by atoms with van der Waals surface area (Å²) in [6, 6.07) is -3.08. The Balaban J connectivity index is 2.99. The molecule has 118 valence electrons. The lowest BCUT2D eigenvalue weighted by atomic mass is 10.0. The van der Waals surface area contributed by atoms with Gasteiger partial charge >= 0.3 is 18.2 Å². The fourth-order valence-corrected chi connectivity index (χ4v) is 1.67. The Kier molecular flexibility index (Phi) is 4.16. The molecule has 0 bridgehead atoms. The van der Waals surface area contributed by atoms with Gasteiger partial charge in [0.2, 0.25) is 11.4 Å². The van der Waals surface area contributed by atoms with Gasteiger partial charge in [-0.15, -0.1) is 0 Å². The molecule has 2 atom stereocenters. The number of hydrogen-bond donors (Lipinski definition) is 3. The molecule has 0 aromatic heterocycles. The highest BCUT2D eigenvalue weighted by atomic mass is 19.4. The zero-order valence-corrected chi connectivity index (χ0v) is 10.9. The van der Waals surface area contributed by atoms with Crippen LogP contribution in [0.25, 0.3) is 0 Å². The molecule has 0 aromatic carbocycles. The van der Waals surface area contributed by atoms with E-state index in [-0.39, 0.29) is 4.90 Å². The zero-order chi connectivity index (χ0) is 16.6. The van der Waals surface area contributed by atoms with E-state index in [0.29, 0.717) is 6.92 Å². The summed E-state index contributed by atoms with van der Waals surface area (Å²) in [6.45, 7) is 0.550. The van der Waals surface area contributed by atoms with E-state index in [1.54, 1.807) is 0 Å². The molecule has 2 unspecified atom stereocenters. The molecule has 0 saturated carbocycles. The molecule has 1 heterocycles. The summed E-state index contributed by atoms with van der Waals surface area (Å²) in [5, 5.41) is 12.2. The number of halogens is 3. The van der Waals surface area contributed by atoms with E-state index in [0.717, 1.165) is 6.92 Å². The first-order valence-corrected chi connectivity index (χ1v) is 5.61. The van der Waals surface area contributed by atoms with Crippen molar-refractivity contribution in [1.82, 2.24) is 15.5 Å². The third-order valence-electron chi connectivity index (χ3n) is 2.88. The number of urea groups is 1. The van der Waals surface area contributed by atoms with Crippen molar-refractivity contribution in [2.24, 2.45) is 0 Å². The summed E-state index contributed by atoms with van der Waals surface area (Å²) in [6.07, 6.45) is -5.04. The van der Waals surface area contributed by atoms with Gasteiger partial charge in [0.25, 0.3) is 5.91 Å².